The number of ether oxygens (including phenoxy) is 1. The Morgan fingerprint density at radius 1 is 1.53 bits per heavy atom. The molecule has 0 amide bonds. The molecule has 0 fully saturated rings. The van der Waals surface area contributed by atoms with Gasteiger partial charge < -0.3 is 4.74 Å². The van der Waals surface area contributed by atoms with Crippen LogP contribution >= 0.6 is 11.6 Å². The summed E-state index contributed by atoms with van der Waals surface area (Å²) in [6, 6.07) is 5.42. The fourth-order valence-corrected chi connectivity index (χ4v) is 1.50. The van der Waals surface area contributed by atoms with Gasteiger partial charge in [0.15, 0.2) is 5.78 Å². The fourth-order valence-electron chi connectivity index (χ4n) is 1.38. The fraction of sp³-hybridized carbons (Fsp3) is 0.417. The van der Waals surface area contributed by atoms with E-state index >= 15 is 0 Å². The number of carbonyl (C=O) groups excluding carboxylic acids is 1. The number of aryl methyl sites for hydroxylation is 1. The Morgan fingerprint density at radius 3 is 2.67 bits per heavy atom. The Kier molecular flexibility index (Phi) is 4.15. The second-order valence-corrected chi connectivity index (χ2v) is 4.04. The van der Waals surface area contributed by atoms with Crippen molar-refractivity contribution in [1.82, 2.24) is 0 Å². The molecule has 0 aliphatic rings. The molecule has 0 aliphatic carbocycles. The highest BCUT2D eigenvalue weighted by atomic mass is 35.5. The van der Waals surface area contributed by atoms with Gasteiger partial charge in [-0.2, -0.15) is 0 Å². The quantitative estimate of drug-likeness (QED) is 0.582. The lowest BCUT2D eigenvalue weighted by atomic mass is 10.0. The maximum Gasteiger partial charge on any atom is 0.180 e. The van der Waals surface area contributed by atoms with Crippen molar-refractivity contribution in [3.05, 3.63) is 29.3 Å². The molecular weight excluding hydrogens is 212 g/mol. The van der Waals surface area contributed by atoms with Gasteiger partial charge in [-0.1, -0.05) is 0 Å². The van der Waals surface area contributed by atoms with E-state index in [0.29, 0.717) is 12.2 Å². The average molecular weight is 227 g/mol. The van der Waals surface area contributed by atoms with Crippen molar-refractivity contribution < 1.29 is 9.53 Å². The van der Waals surface area contributed by atoms with Crippen LogP contribution in [0.2, 0.25) is 0 Å². The first-order valence-electron chi connectivity index (χ1n) is 4.98. The molecule has 3 heteroatoms. The number of hydrogen-bond acceptors (Lipinski definition) is 2. The third-order valence-electron chi connectivity index (χ3n) is 2.14. The van der Waals surface area contributed by atoms with Crippen molar-refractivity contribution in [3.8, 4) is 5.75 Å². The highest BCUT2D eigenvalue weighted by molar-refractivity contribution is 6.33. The zero-order valence-electron chi connectivity index (χ0n) is 9.21. The van der Waals surface area contributed by atoms with Crippen molar-refractivity contribution in [2.24, 2.45) is 0 Å². The van der Waals surface area contributed by atoms with Crippen LogP contribution < -0.4 is 4.74 Å². The number of Topliss-reactive ketones (excluding diaryl/α,β-unsaturated/α-hetero) is 1. The van der Waals surface area contributed by atoms with E-state index in [0.717, 1.165) is 11.3 Å². The molecule has 0 aromatic heterocycles. The SMILES string of the molecule is CCOc1ccc(C(=O)C(C)Cl)c(C)c1. The van der Waals surface area contributed by atoms with Crippen LogP contribution in [0.1, 0.15) is 29.8 Å². The van der Waals surface area contributed by atoms with Crippen molar-refractivity contribution in [3.63, 3.8) is 0 Å². The number of halogens is 1. The number of alkyl halides is 1. The van der Waals surface area contributed by atoms with Gasteiger partial charge in [0.1, 0.15) is 5.75 Å². The molecule has 1 rings (SSSR count). The normalized spacial score (nSPS) is 12.3. The van der Waals surface area contributed by atoms with Crippen molar-refractivity contribution >= 4 is 17.4 Å². The molecular formula is C12H15ClO2. The molecule has 15 heavy (non-hydrogen) atoms. The van der Waals surface area contributed by atoms with Crippen LogP contribution in [0, 0.1) is 6.92 Å². The molecule has 0 aliphatic heterocycles. The zero-order valence-corrected chi connectivity index (χ0v) is 9.97. The van der Waals surface area contributed by atoms with Crippen molar-refractivity contribution in [2.75, 3.05) is 6.61 Å². The van der Waals surface area contributed by atoms with Crippen LogP contribution in [0.15, 0.2) is 18.2 Å². The summed E-state index contributed by atoms with van der Waals surface area (Å²) in [7, 11) is 0. The predicted molar refractivity (Wildman–Crippen MR) is 62.0 cm³/mol. The molecule has 1 atom stereocenters. The number of rotatable bonds is 4. The minimum Gasteiger partial charge on any atom is -0.494 e. The van der Waals surface area contributed by atoms with Gasteiger partial charge in [-0.3, -0.25) is 4.79 Å². The van der Waals surface area contributed by atoms with Crippen molar-refractivity contribution in [1.29, 1.82) is 0 Å². The summed E-state index contributed by atoms with van der Waals surface area (Å²) >= 11 is 5.75. The second kappa shape index (κ2) is 5.17. The molecule has 0 bridgehead atoms. The van der Waals surface area contributed by atoms with Crippen LogP contribution in [-0.4, -0.2) is 17.8 Å². The van der Waals surface area contributed by atoms with Crippen LogP contribution in [0.5, 0.6) is 5.75 Å². The van der Waals surface area contributed by atoms with E-state index < -0.39 is 5.38 Å². The minimum atomic E-state index is -0.485. The molecule has 0 saturated carbocycles. The standard InChI is InChI=1S/C12H15ClO2/c1-4-15-10-5-6-11(8(2)7-10)12(14)9(3)13/h5-7,9H,4H2,1-3H3. The summed E-state index contributed by atoms with van der Waals surface area (Å²) in [6.45, 7) is 6.11. The van der Waals surface area contributed by atoms with E-state index in [1.54, 1.807) is 19.1 Å². The second-order valence-electron chi connectivity index (χ2n) is 3.39. The Bertz CT molecular complexity index is 359. The molecule has 82 valence electrons. The number of carbonyl (C=O) groups is 1. The van der Waals surface area contributed by atoms with Gasteiger partial charge in [0, 0.05) is 5.56 Å². The van der Waals surface area contributed by atoms with Gasteiger partial charge in [0.25, 0.3) is 0 Å². The first-order valence-corrected chi connectivity index (χ1v) is 5.41. The van der Waals surface area contributed by atoms with E-state index in [-0.39, 0.29) is 5.78 Å². The van der Waals surface area contributed by atoms with Crippen LogP contribution in [0.25, 0.3) is 0 Å². The Balaban J connectivity index is 2.97. The van der Waals surface area contributed by atoms with Gasteiger partial charge in [-0.25, -0.2) is 0 Å². The highest BCUT2D eigenvalue weighted by Gasteiger charge is 2.14. The highest BCUT2D eigenvalue weighted by Crippen LogP contribution is 2.19. The molecule has 0 N–H and O–H groups in total. The molecule has 0 heterocycles. The Labute approximate surface area is 95.2 Å². The molecule has 2 nitrogen and oxygen atoms in total. The minimum absolute atomic E-state index is 0.0442. The average Bonchev–Trinajstić information content (AvgIpc) is 2.17. The molecule has 0 radical (unpaired) electrons. The zero-order chi connectivity index (χ0) is 11.4. The summed E-state index contributed by atoms with van der Waals surface area (Å²) in [5, 5.41) is -0.485. The summed E-state index contributed by atoms with van der Waals surface area (Å²) in [4.78, 5) is 11.7. The van der Waals surface area contributed by atoms with E-state index in [2.05, 4.69) is 0 Å². The van der Waals surface area contributed by atoms with E-state index in [4.69, 9.17) is 16.3 Å². The lowest BCUT2D eigenvalue weighted by Gasteiger charge is -2.09. The lowest BCUT2D eigenvalue weighted by molar-refractivity contribution is 0.0991. The van der Waals surface area contributed by atoms with Crippen LogP contribution in [0.3, 0.4) is 0 Å². The van der Waals surface area contributed by atoms with Gasteiger partial charge in [0.05, 0.1) is 12.0 Å². The first-order chi connectivity index (χ1) is 7.06. The number of hydrogen-bond donors (Lipinski definition) is 0. The Morgan fingerprint density at radius 2 is 2.20 bits per heavy atom. The van der Waals surface area contributed by atoms with Crippen molar-refractivity contribution in [2.45, 2.75) is 26.1 Å². The molecule has 0 saturated heterocycles. The third-order valence-corrected chi connectivity index (χ3v) is 2.33. The summed E-state index contributed by atoms with van der Waals surface area (Å²) in [6.07, 6.45) is 0. The van der Waals surface area contributed by atoms with Crippen LogP contribution in [-0.2, 0) is 0 Å². The monoisotopic (exact) mass is 226 g/mol. The summed E-state index contributed by atoms with van der Waals surface area (Å²) in [5.74, 6) is 0.742. The van der Waals surface area contributed by atoms with E-state index in [9.17, 15) is 4.79 Å². The molecule has 0 spiro atoms. The number of benzene rings is 1. The van der Waals surface area contributed by atoms with Gasteiger partial charge in [0.2, 0.25) is 0 Å². The maximum absolute atomic E-state index is 11.7. The molecule has 1 aromatic carbocycles. The predicted octanol–water partition coefficient (Wildman–Crippen LogP) is 3.20. The maximum atomic E-state index is 11.7. The molecule has 1 unspecified atom stereocenters. The number of ketones is 1. The van der Waals surface area contributed by atoms with Gasteiger partial charge >= 0.3 is 0 Å². The third kappa shape index (κ3) is 2.96. The van der Waals surface area contributed by atoms with E-state index in [1.807, 2.05) is 19.9 Å². The smallest absolute Gasteiger partial charge is 0.180 e. The largest absolute Gasteiger partial charge is 0.494 e. The summed E-state index contributed by atoms with van der Waals surface area (Å²) < 4.78 is 5.34. The Hall–Kier alpha value is -1.02. The summed E-state index contributed by atoms with van der Waals surface area (Å²) in [5.41, 5.74) is 1.57. The van der Waals surface area contributed by atoms with Gasteiger partial charge in [-0.05, 0) is 44.5 Å². The molecule has 1 aromatic rings. The van der Waals surface area contributed by atoms with Crippen LogP contribution in [0.4, 0.5) is 0 Å². The first kappa shape index (κ1) is 12.1. The van der Waals surface area contributed by atoms with E-state index in [1.165, 1.54) is 0 Å². The van der Waals surface area contributed by atoms with Gasteiger partial charge in [-0.15, -0.1) is 11.6 Å². The topological polar surface area (TPSA) is 26.3 Å². The lowest BCUT2D eigenvalue weighted by Crippen LogP contribution is -2.12.